The van der Waals surface area contributed by atoms with Crippen LogP contribution in [0.2, 0.25) is 0 Å². The summed E-state index contributed by atoms with van der Waals surface area (Å²) in [7, 11) is 0. The summed E-state index contributed by atoms with van der Waals surface area (Å²) in [5.41, 5.74) is 0. The summed E-state index contributed by atoms with van der Waals surface area (Å²) in [5, 5.41) is 2.94. The Bertz CT molecular complexity index is 193. The van der Waals surface area contributed by atoms with Crippen LogP contribution in [0.1, 0.15) is 5.82 Å². The molecule has 0 atom stereocenters. The molecule has 0 aliphatic heterocycles. The first-order valence-electron chi connectivity index (χ1n) is 2.33. The van der Waals surface area contributed by atoms with Crippen LogP contribution in [-0.4, -0.2) is 16.3 Å². The molecular formula is C4H2F3N2O. The maximum atomic E-state index is 11.5. The van der Waals surface area contributed by atoms with Crippen LogP contribution in [-0.2, 0) is 6.42 Å². The van der Waals surface area contributed by atoms with Gasteiger partial charge in [-0.2, -0.15) is 18.2 Å². The number of hydrogen-bond acceptors (Lipinski definition) is 3. The SMILES string of the molecule is FC(F)(F)Cc1n[c]on1. The van der Waals surface area contributed by atoms with E-state index in [1.54, 1.807) is 0 Å². The standard InChI is InChI=1S/C4H2F3N2O/c5-4(6,7)1-3-8-2-10-9-3/h1H2. The molecule has 6 heteroatoms. The van der Waals surface area contributed by atoms with Crippen LogP contribution in [0.15, 0.2) is 4.52 Å². The lowest BCUT2D eigenvalue weighted by atomic mass is 10.4. The molecule has 0 saturated carbocycles. The van der Waals surface area contributed by atoms with Crippen molar-refractivity contribution < 1.29 is 17.7 Å². The minimum Gasteiger partial charge on any atom is -0.329 e. The quantitative estimate of drug-likeness (QED) is 0.600. The average molecular weight is 151 g/mol. The molecule has 0 amide bonds. The van der Waals surface area contributed by atoms with E-state index in [1.807, 2.05) is 6.39 Å². The van der Waals surface area contributed by atoms with Gasteiger partial charge in [0.05, 0.1) is 0 Å². The molecule has 0 fully saturated rings. The summed E-state index contributed by atoms with van der Waals surface area (Å²) >= 11 is 0. The molecule has 0 spiro atoms. The number of rotatable bonds is 1. The van der Waals surface area contributed by atoms with Crippen molar-refractivity contribution in [2.45, 2.75) is 12.6 Å². The maximum Gasteiger partial charge on any atom is 0.396 e. The van der Waals surface area contributed by atoms with Crippen LogP contribution in [0.25, 0.3) is 0 Å². The van der Waals surface area contributed by atoms with Gasteiger partial charge in [-0.1, -0.05) is 5.16 Å². The Morgan fingerprint density at radius 3 is 2.60 bits per heavy atom. The zero-order valence-electron chi connectivity index (χ0n) is 4.64. The lowest BCUT2D eigenvalue weighted by molar-refractivity contribution is -0.128. The number of hydrogen-bond donors (Lipinski definition) is 0. The van der Waals surface area contributed by atoms with Crippen LogP contribution in [0.3, 0.4) is 0 Å². The van der Waals surface area contributed by atoms with Crippen LogP contribution in [0, 0.1) is 6.39 Å². The van der Waals surface area contributed by atoms with E-state index >= 15 is 0 Å². The Morgan fingerprint density at radius 1 is 1.50 bits per heavy atom. The molecular weight excluding hydrogens is 149 g/mol. The minimum atomic E-state index is -4.28. The Labute approximate surface area is 53.8 Å². The van der Waals surface area contributed by atoms with Gasteiger partial charge in [0, 0.05) is 0 Å². The van der Waals surface area contributed by atoms with Gasteiger partial charge >= 0.3 is 12.6 Å². The Morgan fingerprint density at radius 2 is 2.20 bits per heavy atom. The summed E-state index contributed by atoms with van der Waals surface area (Å²) in [4.78, 5) is 3.08. The average Bonchev–Trinajstić information content (AvgIpc) is 2.12. The van der Waals surface area contributed by atoms with Gasteiger partial charge in [0.25, 0.3) is 0 Å². The second-order valence-corrected chi connectivity index (χ2v) is 1.59. The minimum absolute atomic E-state index is 0.396. The summed E-state index contributed by atoms with van der Waals surface area (Å²) in [6.45, 7) is 0. The Kier molecular flexibility index (Phi) is 1.60. The maximum absolute atomic E-state index is 11.5. The topological polar surface area (TPSA) is 38.9 Å². The number of alkyl halides is 3. The molecule has 0 N–H and O–H groups in total. The highest BCUT2D eigenvalue weighted by atomic mass is 19.4. The number of aromatic nitrogens is 2. The molecule has 0 saturated heterocycles. The summed E-state index contributed by atoms with van der Waals surface area (Å²) < 4.78 is 38.4. The molecule has 0 unspecified atom stereocenters. The van der Waals surface area contributed by atoms with Crippen LogP contribution >= 0.6 is 0 Å². The van der Waals surface area contributed by atoms with E-state index in [1.165, 1.54) is 0 Å². The van der Waals surface area contributed by atoms with Crippen molar-refractivity contribution in [1.29, 1.82) is 0 Å². The zero-order valence-corrected chi connectivity index (χ0v) is 4.64. The molecule has 1 radical (unpaired) electrons. The van der Waals surface area contributed by atoms with E-state index in [9.17, 15) is 13.2 Å². The van der Waals surface area contributed by atoms with Crippen LogP contribution in [0.4, 0.5) is 13.2 Å². The van der Waals surface area contributed by atoms with Gasteiger partial charge in [0.2, 0.25) is 0 Å². The molecule has 55 valence electrons. The number of nitrogens with zero attached hydrogens (tertiary/aromatic N) is 2. The largest absolute Gasteiger partial charge is 0.396 e. The molecule has 0 aliphatic carbocycles. The first-order chi connectivity index (χ1) is 4.58. The fraction of sp³-hybridized carbons (Fsp3) is 0.500. The van der Waals surface area contributed by atoms with E-state index in [0.29, 0.717) is 0 Å². The van der Waals surface area contributed by atoms with E-state index < -0.39 is 18.4 Å². The van der Waals surface area contributed by atoms with Gasteiger partial charge in [-0.15, -0.1) is 0 Å². The van der Waals surface area contributed by atoms with Crippen molar-refractivity contribution in [3.8, 4) is 0 Å². The van der Waals surface area contributed by atoms with E-state index in [4.69, 9.17) is 0 Å². The second kappa shape index (κ2) is 2.28. The Hall–Kier alpha value is -1.07. The lowest BCUT2D eigenvalue weighted by Crippen LogP contribution is -2.12. The monoisotopic (exact) mass is 151 g/mol. The highest BCUT2D eigenvalue weighted by molar-refractivity contribution is 4.80. The second-order valence-electron chi connectivity index (χ2n) is 1.59. The first-order valence-corrected chi connectivity index (χ1v) is 2.33. The molecule has 0 aromatic carbocycles. The molecule has 1 rings (SSSR count). The highest BCUT2D eigenvalue weighted by Crippen LogP contribution is 2.18. The van der Waals surface area contributed by atoms with E-state index in [-0.39, 0.29) is 0 Å². The molecule has 0 aliphatic rings. The zero-order chi connectivity index (χ0) is 7.61. The van der Waals surface area contributed by atoms with Crippen molar-refractivity contribution >= 4 is 0 Å². The van der Waals surface area contributed by atoms with Crippen molar-refractivity contribution in [2.75, 3.05) is 0 Å². The first kappa shape index (κ1) is 7.04. The van der Waals surface area contributed by atoms with E-state index in [2.05, 4.69) is 14.7 Å². The number of halogens is 3. The summed E-state index contributed by atoms with van der Waals surface area (Å²) in [5.74, 6) is -0.396. The predicted octanol–water partition coefficient (Wildman–Crippen LogP) is 0.975. The van der Waals surface area contributed by atoms with Gasteiger partial charge < -0.3 is 4.52 Å². The van der Waals surface area contributed by atoms with Crippen LogP contribution in [0.5, 0.6) is 0 Å². The summed E-state index contributed by atoms with van der Waals surface area (Å²) in [6.07, 6.45) is -3.63. The van der Waals surface area contributed by atoms with Crippen molar-refractivity contribution in [1.82, 2.24) is 10.1 Å². The van der Waals surface area contributed by atoms with Crippen molar-refractivity contribution in [3.05, 3.63) is 12.2 Å². The third-order valence-corrected chi connectivity index (χ3v) is 0.725. The molecule has 1 heterocycles. The third kappa shape index (κ3) is 2.04. The van der Waals surface area contributed by atoms with Crippen LogP contribution < -0.4 is 0 Å². The molecule has 1 aromatic heterocycles. The fourth-order valence-corrected chi connectivity index (χ4v) is 0.418. The van der Waals surface area contributed by atoms with E-state index in [0.717, 1.165) is 0 Å². The lowest BCUT2D eigenvalue weighted by Gasteiger charge is -1.99. The predicted molar refractivity (Wildman–Crippen MR) is 22.9 cm³/mol. The van der Waals surface area contributed by atoms with Crippen molar-refractivity contribution in [3.63, 3.8) is 0 Å². The normalized spacial score (nSPS) is 11.9. The highest BCUT2D eigenvalue weighted by Gasteiger charge is 2.29. The molecule has 3 nitrogen and oxygen atoms in total. The van der Waals surface area contributed by atoms with Gasteiger partial charge in [0.1, 0.15) is 6.42 Å². The summed E-state index contributed by atoms with van der Waals surface area (Å²) in [6, 6.07) is 0. The van der Waals surface area contributed by atoms with Crippen molar-refractivity contribution in [2.24, 2.45) is 0 Å². The molecule has 1 aromatic rings. The van der Waals surface area contributed by atoms with Gasteiger partial charge in [-0.3, -0.25) is 0 Å². The Balaban J connectivity index is 2.57. The third-order valence-electron chi connectivity index (χ3n) is 0.725. The van der Waals surface area contributed by atoms with Gasteiger partial charge in [-0.25, -0.2) is 0 Å². The fourth-order valence-electron chi connectivity index (χ4n) is 0.418. The molecule has 0 bridgehead atoms. The van der Waals surface area contributed by atoms with Gasteiger partial charge in [-0.05, 0) is 0 Å². The smallest absolute Gasteiger partial charge is 0.329 e. The molecule has 10 heavy (non-hydrogen) atoms. The van der Waals surface area contributed by atoms with Gasteiger partial charge in [0.15, 0.2) is 5.82 Å².